The molecule has 0 aliphatic rings. The summed E-state index contributed by atoms with van der Waals surface area (Å²) in [6, 6.07) is 26.8. The fourth-order valence-electron chi connectivity index (χ4n) is 3.80. The lowest BCUT2D eigenvalue weighted by Crippen LogP contribution is -2.07. The monoisotopic (exact) mass is 409 g/mol. The zero-order chi connectivity index (χ0) is 20.5. The van der Waals surface area contributed by atoms with Crippen molar-refractivity contribution in [2.45, 2.75) is 6.92 Å². The number of ether oxygens (including phenoxy) is 1. The maximum atomic E-state index is 12.3. The van der Waals surface area contributed by atoms with Gasteiger partial charge in [0.1, 0.15) is 5.69 Å². The van der Waals surface area contributed by atoms with E-state index >= 15 is 0 Å². The molecule has 0 amide bonds. The van der Waals surface area contributed by atoms with Crippen LogP contribution in [0.3, 0.4) is 0 Å². The van der Waals surface area contributed by atoms with Crippen molar-refractivity contribution in [1.82, 2.24) is 4.98 Å². The summed E-state index contributed by atoms with van der Waals surface area (Å²) in [6.45, 7) is 2.12. The third-order valence-corrected chi connectivity index (χ3v) is 6.08. The Labute approximate surface area is 178 Å². The van der Waals surface area contributed by atoms with Crippen molar-refractivity contribution in [2.75, 3.05) is 6.61 Å². The van der Waals surface area contributed by atoms with Crippen molar-refractivity contribution in [1.29, 1.82) is 0 Å². The number of hydrogen-bond donors (Lipinski definition) is 0. The smallest absolute Gasteiger partial charge is 0.356 e. The van der Waals surface area contributed by atoms with E-state index < -0.39 is 5.97 Å². The molecule has 5 aromatic rings. The van der Waals surface area contributed by atoms with Crippen LogP contribution >= 0.6 is 11.3 Å². The average Bonchev–Trinajstić information content (AvgIpc) is 3.33. The number of thiophene rings is 1. The molecular weight excluding hydrogens is 390 g/mol. The summed E-state index contributed by atoms with van der Waals surface area (Å²) < 4.78 is 5.18. The second kappa shape index (κ2) is 7.73. The van der Waals surface area contributed by atoms with Gasteiger partial charge in [0.15, 0.2) is 0 Å². The van der Waals surface area contributed by atoms with Gasteiger partial charge >= 0.3 is 5.97 Å². The number of carbonyl (C=O) groups is 1. The Balaban J connectivity index is 1.82. The Bertz CT molecular complexity index is 1370. The number of rotatable bonds is 4. The maximum Gasteiger partial charge on any atom is 0.356 e. The van der Waals surface area contributed by atoms with Crippen molar-refractivity contribution >= 4 is 39.0 Å². The predicted octanol–water partition coefficient (Wildman–Crippen LogP) is 6.96. The van der Waals surface area contributed by atoms with Gasteiger partial charge in [-0.3, -0.25) is 0 Å². The van der Waals surface area contributed by atoms with Gasteiger partial charge in [-0.25, -0.2) is 9.78 Å². The first kappa shape index (κ1) is 18.5. The third kappa shape index (κ3) is 3.25. The van der Waals surface area contributed by atoms with Crippen molar-refractivity contribution < 1.29 is 9.53 Å². The number of pyridine rings is 1. The summed E-state index contributed by atoms with van der Waals surface area (Å²) in [6.07, 6.45) is 0. The van der Waals surface area contributed by atoms with Crippen LogP contribution in [0.25, 0.3) is 43.2 Å². The molecule has 0 atom stereocenters. The molecule has 2 aromatic heterocycles. The van der Waals surface area contributed by atoms with Crippen LogP contribution < -0.4 is 0 Å². The number of fused-ring (bicyclic) bond motifs is 2. The van der Waals surface area contributed by atoms with E-state index in [9.17, 15) is 4.79 Å². The minimum absolute atomic E-state index is 0.325. The van der Waals surface area contributed by atoms with Crippen LogP contribution in [0.4, 0.5) is 0 Å². The molecule has 2 heterocycles. The summed E-state index contributed by atoms with van der Waals surface area (Å²) >= 11 is 1.71. The van der Waals surface area contributed by atoms with E-state index in [4.69, 9.17) is 9.72 Å². The number of aromatic nitrogens is 1. The molecule has 0 bridgehead atoms. The molecule has 146 valence electrons. The summed E-state index contributed by atoms with van der Waals surface area (Å²) in [5.74, 6) is -0.398. The molecule has 0 saturated heterocycles. The Morgan fingerprint density at radius 1 is 0.900 bits per heavy atom. The van der Waals surface area contributed by atoms with Gasteiger partial charge in [-0.2, -0.15) is 0 Å². The summed E-state index contributed by atoms with van der Waals surface area (Å²) in [4.78, 5) is 18.2. The van der Waals surface area contributed by atoms with Crippen LogP contribution in [0.15, 0.2) is 84.2 Å². The highest BCUT2D eigenvalue weighted by Gasteiger charge is 2.15. The highest BCUT2D eigenvalue weighted by molar-refractivity contribution is 7.13. The molecule has 3 aromatic carbocycles. The lowest BCUT2D eigenvalue weighted by atomic mass is 9.94. The van der Waals surface area contributed by atoms with E-state index in [1.54, 1.807) is 24.3 Å². The van der Waals surface area contributed by atoms with E-state index in [1.807, 2.05) is 12.1 Å². The second-order valence-corrected chi connectivity index (χ2v) is 7.96. The number of esters is 1. The molecule has 30 heavy (non-hydrogen) atoms. The van der Waals surface area contributed by atoms with Crippen LogP contribution in [0.2, 0.25) is 0 Å². The van der Waals surface area contributed by atoms with Crippen LogP contribution in [-0.2, 0) is 4.74 Å². The van der Waals surface area contributed by atoms with Gasteiger partial charge in [0.2, 0.25) is 0 Å². The van der Waals surface area contributed by atoms with Gasteiger partial charge in [-0.05, 0) is 58.5 Å². The fraction of sp³-hybridized carbons (Fsp3) is 0.0769. The van der Waals surface area contributed by atoms with E-state index in [0.29, 0.717) is 12.3 Å². The molecular formula is C26H19NO2S. The van der Waals surface area contributed by atoms with E-state index in [0.717, 1.165) is 33.0 Å². The molecule has 0 unspecified atom stereocenters. The summed E-state index contributed by atoms with van der Waals surface area (Å²) in [5.41, 5.74) is 4.39. The zero-order valence-corrected chi connectivity index (χ0v) is 17.3. The Morgan fingerprint density at radius 3 is 2.60 bits per heavy atom. The van der Waals surface area contributed by atoms with Gasteiger partial charge < -0.3 is 4.74 Å². The fourth-order valence-corrected chi connectivity index (χ4v) is 4.52. The van der Waals surface area contributed by atoms with Gasteiger partial charge in [0.05, 0.1) is 12.1 Å². The first-order chi connectivity index (χ1) is 14.7. The minimum Gasteiger partial charge on any atom is -0.461 e. The van der Waals surface area contributed by atoms with E-state index in [-0.39, 0.29) is 0 Å². The molecule has 0 radical (unpaired) electrons. The number of benzene rings is 3. The van der Waals surface area contributed by atoms with Crippen molar-refractivity contribution in [2.24, 2.45) is 0 Å². The first-order valence-corrected chi connectivity index (χ1v) is 10.8. The summed E-state index contributed by atoms with van der Waals surface area (Å²) in [5, 5.41) is 5.41. The SMILES string of the molecule is CCOC(=O)c1ccc2cc(-c3cccs3)cc(-c3cccc4ccccc34)c2n1. The number of hydrogen-bond acceptors (Lipinski definition) is 4. The maximum absolute atomic E-state index is 12.3. The molecule has 3 nitrogen and oxygen atoms in total. The Morgan fingerprint density at radius 2 is 1.77 bits per heavy atom. The molecule has 5 rings (SSSR count). The van der Waals surface area contributed by atoms with Gasteiger partial charge in [-0.1, -0.05) is 54.6 Å². The molecule has 0 aliphatic heterocycles. The molecule has 0 fully saturated rings. The highest BCUT2D eigenvalue weighted by atomic mass is 32.1. The predicted molar refractivity (Wildman–Crippen MR) is 124 cm³/mol. The standard InChI is InChI=1S/C26H19NO2S/c1-2-29-26(28)23-13-12-18-15-19(24-11-6-14-30-24)16-22(25(18)27-23)21-10-5-8-17-7-3-4-9-20(17)21/h3-16H,2H2,1H3. The largest absolute Gasteiger partial charge is 0.461 e. The molecule has 4 heteroatoms. The lowest BCUT2D eigenvalue weighted by Gasteiger charge is -2.13. The first-order valence-electron chi connectivity index (χ1n) is 9.88. The molecule has 0 saturated carbocycles. The quantitative estimate of drug-likeness (QED) is 0.301. The highest BCUT2D eigenvalue weighted by Crippen LogP contribution is 2.37. The molecule has 0 spiro atoms. The molecule has 0 N–H and O–H groups in total. The van der Waals surface area contributed by atoms with Crippen LogP contribution in [0.1, 0.15) is 17.4 Å². The topological polar surface area (TPSA) is 39.2 Å². The number of carbonyl (C=O) groups excluding carboxylic acids is 1. The van der Waals surface area contributed by atoms with Crippen LogP contribution in [0.5, 0.6) is 0 Å². The Kier molecular flexibility index (Phi) is 4.77. The van der Waals surface area contributed by atoms with Crippen LogP contribution in [-0.4, -0.2) is 17.6 Å². The summed E-state index contributed by atoms with van der Waals surface area (Å²) in [7, 11) is 0. The van der Waals surface area contributed by atoms with Crippen molar-refractivity contribution in [3.05, 3.63) is 89.9 Å². The van der Waals surface area contributed by atoms with Crippen molar-refractivity contribution in [3.8, 4) is 21.6 Å². The average molecular weight is 410 g/mol. The third-order valence-electron chi connectivity index (χ3n) is 5.16. The van der Waals surface area contributed by atoms with Gasteiger partial charge in [0, 0.05) is 15.8 Å². The Hall–Kier alpha value is -3.50. The van der Waals surface area contributed by atoms with Gasteiger partial charge in [0.25, 0.3) is 0 Å². The lowest BCUT2D eigenvalue weighted by molar-refractivity contribution is 0.0520. The zero-order valence-electron chi connectivity index (χ0n) is 16.5. The van der Waals surface area contributed by atoms with E-state index in [1.165, 1.54) is 10.3 Å². The molecule has 0 aliphatic carbocycles. The second-order valence-electron chi connectivity index (χ2n) is 7.02. The van der Waals surface area contributed by atoms with Crippen molar-refractivity contribution in [3.63, 3.8) is 0 Å². The van der Waals surface area contributed by atoms with Gasteiger partial charge in [-0.15, -0.1) is 11.3 Å². The normalized spacial score (nSPS) is 11.1. The minimum atomic E-state index is -0.398. The van der Waals surface area contributed by atoms with E-state index in [2.05, 4.69) is 66.0 Å². The van der Waals surface area contributed by atoms with Crippen LogP contribution in [0, 0.1) is 0 Å². The number of nitrogens with zero attached hydrogens (tertiary/aromatic N) is 1.